The number of aromatic nitrogens is 2. The smallest absolute Gasteiger partial charge is 0.260 e. The van der Waals surface area contributed by atoms with Gasteiger partial charge in [-0.25, -0.2) is 0 Å². The average molecular weight is 310 g/mol. The van der Waals surface area contributed by atoms with Gasteiger partial charge in [0.05, 0.1) is 6.61 Å². The Morgan fingerprint density at radius 2 is 1.64 bits per heavy atom. The van der Waals surface area contributed by atoms with Gasteiger partial charge in [-0.1, -0.05) is 64.7 Å². The topological polar surface area (TPSA) is 97.1 Å². The van der Waals surface area contributed by atoms with Gasteiger partial charge in [0.1, 0.15) is 5.82 Å². The Bertz CT molecular complexity index is 474. The van der Waals surface area contributed by atoms with Crippen molar-refractivity contribution < 1.29 is 9.94 Å². The Morgan fingerprint density at radius 1 is 1.09 bits per heavy atom. The van der Waals surface area contributed by atoms with E-state index in [9.17, 15) is 5.21 Å². The molecule has 4 N–H and O–H groups in total. The lowest BCUT2D eigenvalue weighted by molar-refractivity contribution is 0.168. The van der Waals surface area contributed by atoms with Crippen molar-refractivity contribution in [2.75, 3.05) is 12.3 Å². The summed E-state index contributed by atoms with van der Waals surface area (Å²) in [6, 6.07) is 1.42. The molecule has 0 fully saturated rings. The fraction of sp³-hybridized carbons (Fsp3) is 0.750. The minimum absolute atomic E-state index is 0.0538. The molecule has 0 aromatic carbocycles. The molecule has 0 spiro atoms. The second-order valence-corrected chi connectivity index (χ2v) is 5.69. The van der Waals surface area contributed by atoms with Gasteiger partial charge in [-0.3, -0.25) is 5.41 Å². The van der Waals surface area contributed by atoms with Crippen LogP contribution in [-0.2, 0) is 0 Å². The molecule has 0 bridgehead atoms. The van der Waals surface area contributed by atoms with Gasteiger partial charge in [-0.15, -0.1) is 4.73 Å². The van der Waals surface area contributed by atoms with Crippen molar-refractivity contribution in [3.05, 3.63) is 11.7 Å². The molecule has 6 heteroatoms. The summed E-state index contributed by atoms with van der Waals surface area (Å²) in [7, 11) is 0. The Kier molecular flexibility index (Phi) is 9.11. The number of unbranched alkanes of at least 4 members (excludes halogenated alkanes) is 9. The number of ether oxygens (including phenoxy) is 1. The molecule has 22 heavy (non-hydrogen) atoms. The van der Waals surface area contributed by atoms with E-state index in [1.807, 2.05) is 0 Å². The van der Waals surface area contributed by atoms with E-state index in [2.05, 4.69) is 11.9 Å². The van der Waals surface area contributed by atoms with Crippen LogP contribution in [0.3, 0.4) is 0 Å². The van der Waals surface area contributed by atoms with Crippen LogP contribution in [0.25, 0.3) is 0 Å². The maximum atomic E-state index is 9.28. The molecule has 1 aromatic rings. The number of anilines is 1. The quantitative estimate of drug-likeness (QED) is 0.406. The highest BCUT2D eigenvalue weighted by Gasteiger charge is 2.02. The van der Waals surface area contributed by atoms with E-state index in [4.69, 9.17) is 15.9 Å². The van der Waals surface area contributed by atoms with Crippen molar-refractivity contribution in [3.63, 3.8) is 0 Å². The van der Waals surface area contributed by atoms with Crippen LogP contribution in [0.4, 0.5) is 5.82 Å². The lowest BCUT2D eigenvalue weighted by atomic mass is 10.1. The third-order valence-corrected chi connectivity index (χ3v) is 3.68. The Hall–Kier alpha value is -1.72. The lowest BCUT2D eigenvalue weighted by Crippen LogP contribution is -2.24. The number of hydrogen-bond donors (Lipinski definition) is 3. The first kappa shape index (κ1) is 18.3. The van der Waals surface area contributed by atoms with Crippen LogP contribution in [0.2, 0.25) is 0 Å². The number of nitrogens with two attached hydrogens (primary N) is 1. The van der Waals surface area contributed by atoms with E-state index >= 15 is 0 Å². The maximum Gasteiger partial charge on any atom is 0.260 e. The van der Waals surface area contributed by atoms with Crippen molar-refractivity contribution in [3.8, 4) is 5.88 Å². The number of nitrogen functional groups attached to an aromatic ring is 1. The maximum absolute atomic E-state index is 9.28. The molecule has 1 rings (SSSR count). The summed E-state index contributed by atoms with van der Waals surface area (Å²) >= 11 is 0. The SMILES string of the molecule is CCCCCCCCCCCCOc1cc(N)n(O)c(=N)n1. The second kappa shape index (κ2) is 10.9. The van der Waals surface area contributed by atoms with Crippen LogP contribution in [0, 0.1) is 5.41 Å². The van der Waals surface area contributed by atoms with E-state index in [-0.39, 0.29) is 11.4 Å². The van der Waals surface area contributed by atoms with Crippen LogP contribution >= 0.6 is 0 Å². The molecular weight excluding hydrogens is 280 g/mol. The van der Waals surface area contributed by atoms with Gasteiger partial charge in [0, 0.05) is 6.07 Å². The van der Waals surface area contributed by atoms with Crippen molar-refractivity contribution in [1.29, 1.82) is 5.41 Å². The van der Waals surface area contributed by atoms with Crippen molar-refractivity contribution in [2.24, 2.45) is 0 Å². The molecule has 1 aromatic heterocycles. The van der Waals surface area contributed by atoms with E-state index < -0.39 is 0 Å². The van der Waals surface area contributed by atoms with E-state index in [0.717, 1.165) is 12.8 Å². The van der Waals surface area contributed by atoms with Gasteiger partial charge in [0.2, 0.25) is 5.88 Å². The first-order valence-electron chi connectivity index (χ1n) is 8.41. The van der Waals surface area contributed by atoms with E-state index in [0.29, 0.717) is 17.2 Å². The molecule has 0 atom stereocenters. The standard InChI is InChI=1S/C16H30N4O2/c1-2-3-4-5-6-7-8-9-10-11-12-22-15-13-14(17)20(21)16(18)19-15/h13,18,21H,2-12,17H2,1H3. The van der Waals surface area contributed by atoms with Crippen LogP contribution in [0.15, 0.2) is 6.07 Å². The molecule has 6 nitrogen and oxygen atoms in total. The molecule has 0 saturated heterocycles. The molecule has 0 aliphatic rings. The predicted octanol–water partition coefficient (Wildman–Crippen LogP) is 3.48. The number of nitrogens with zero attached hydrogens (tertiary/aromatic N) is 2. The minimum Gasteiger partial charge on any atom is -0.477 e. The minimum atomic E-state index is -0.321. The van der Waals surface area contributed by atoms with Crippen molar-refractivity contribution >= 4 is 5.82 Å². The Labute approximate surface area is 132 Å². The van der Waals surface area contributed by atoms with Crippen molar-refractivity contribution in [2.45, 2.75) is 71.1 Å². The zero-order chi connectivity index (χ0) is 16.2. The zero-order valence-corrected chi connectivity index (χ0v) is 13.7. The van der Waals surface area contributed by atoms with E-state index in [1.54, 1.807) is 0 Å². The summed E-state index contributed by atoms with van der Waals surface area (Å²) in [5.41, 5.74) is 5.20. The molecule has 0 aliphatic carbocycles. The summed E-state index contributed by atoms with van der Waals surface area (Å²) in [6.45, 7) is 2.81. The molecule has 0 amide bonds. The summed E-state index contributed by atoms with van der Waals surface area (Å²) in [5.74, 6) is 0.349. The number of nitrogens with one attached hydrogen (secondary N) is 1. The van der Waals surface area contributed by atoms with Gasteiger partial charge in [0.15, 0.2) is 0 Å². The molecule has 0 unspecified atom stereocenters. The molecule has 1 heterocycles. The summed E-state index contributed by atoms with van der Waals surface area (Å²) in [6.07, 6.45) is 12.8. The second-order valence-electron chi connectivity index (χ2n) is 5.69. The van der Waals surface area contributed by atoms with Gasteiger partial charge in [-0.2, -0.15) is 4.98 Å². The van der Waals surface area contributed by atoms with Gasteiger partial charge < -0.3 is 15.7 Å². The third kappa shape index (κ3) is 7.33. The summed E-state index contributed by atoms with van der Waals surface area (Å²) in [5, 5.41) is 16.7. The molecule has 0 saturated carbocycles. The van der Waals surface area contributed by atoms with E-state index in [1.165, 1.54) is 57.4 Å². The zero-order valence-electron chi connectivity index (χ0n) is 13.7. The molecule has 0 radical (unpaired) electrons. The number of rotatable bonds is 12. The third-order valence-electron chi connectivity index (χ3n) is 3.68. The molecule has 0 aliphatic heterocycles. The molecule has 126 valence electrons. The van der Waals surface area contributed by atoms with Gasteiger partial charge in [0.25, 0.3) is 5.62 Å². The fourth-order valence-electron chi connectivity index (χ4n) is 2.33. The van der Waals surface area contributed by atoms with Gasteiger partial charge >= 0.3 is 0 Å². The first-order valence-corrected chi connectivity index (χ1v) is 8.41. The highest BCUT2D eigenvalue weighted by molar-refractivity contribution is 5.31. The van der Waals surface area contributed by atoms with Crippen LogP contribution < -0.4 is 16.1 Å². The van der Waals surface area contributed by atoms with Crippen LogP contribution in [0.1, 0.15) is 71.1 Å². The predicted molar refractivity (Wildman–Crippen MR) is 87.0 cm³/mol. The van der Waals surface area contributed by atoms with Crippen molar-refractivity contribution in [1.82, 2.24) is 9.71 Å². The largest absolute Gasteiger partial charge is 0.477 e. The summed E-state index contributed by atoms with van der Waals surface area (Å²) < 4.78 is 5.98. The Balaban J connectivity index is 2.01. The summed E-state index contributed by atoms with van der Waals surface area (Å²) in [4.78, 5) is 3.79. The average Bonchev–Trinajstić information content (AvgIpc) is 2.50. The Morgan fingerprint density at radius 3 is 2.18 bits per heavy atom. The highest BCUT2D eigenvalue weighted by Crippen LogP contribution is 2.11. The first-order chi connectivity index (χ1) is 10.6. The van der Waals surface area contributed by atoms with Gasteiger partial charge in [-0.05, 0) is 6.42 Å². The highest BCUT2D eigenvalue weighted by atomic mass is 16.5. The normalized spacial score (nSPS) is 10.8. The monoisotopic (exact) mass is 310 g/mol. The van der Waals surface area contributed by atoms with Crippen LogP contribution in [-0.4, -0.2) is 21.5 Å². The van der Waals surface area contributed by atoms with Crippen LogP contribution in [0.5, 0.6) is 5.88 Å². The fourth-order valence-corrected chi connectivity index (χ4v) is 2.33. The molecular formula is C16H30N4O2. The lowest BCUT2D eigenvalue weighted by Gasteiger charge is -2.07. The number of hydrogen-bond acceptors (Lipinski definition) is 5.